The van der Waals surface area contributed by atoms with Crippen LogP contribution in [0.2, 0.25) is 0 Å². The number of anilines is 2. The van der Waals surface area contributed by atoms with Crippen molar-refractivity contribution in [2.45, 2.75) is 13.0 Å². The summed E-state index contributed by atoms with van der Waals surface area (Å²) in [4.78, 5) is 18.5. The summed E-state index contributed by atoms with van der Waals surface area (Å²) in [7, 11) is 3.83. The summed E-state index contributed by atoms with van der Waals surface area (Å²) in [5.41, 5.74) is 2.89. The predicted molar refractivity (Wildman–Crippen MR) is 109 cm³/mol. The smallest absolute Gasteiger partial charge is 0.265 e. The van der Waals surface area contributed by atoms with Crippen LogP contribution in [0, 0.1) is 0 Å². The molecule has 0 bridgehead atoms. The minimum absolute atomic E-state index is 0.221. The first-order chi connectivity index (χ1) is 13.0. The Kier molecular flexibility index (Phi) is 5.71. The Morgan fingerprint density at radius 3 is 2.22 bits per heavy atom. The SMILES string of the molecule is CC(Oc1ccc(-c2ccccc2)cc1)C(=O)Nc1ccc(N(C)C)nc1. The molecule has 1 atom stereocenters. The molecule has 0 radical (unpaired) electrons. The highest BCUT2D eigenvalue weighted by Crippen LogP contribution is 2.23. The van der Waals surface area contributed by atoms with Crippen LogP contribution in [0.1, 0.15) is 6.92 Å². The van der Waals surface area contributed by atoms with Crippen molar-refractivity contribution >= 4 is 17.4 Å². The minimum atomic E-state index is -0.624. The number of rotatable bonds is 6. The molecule has 3 rings (SSSR count). The number of pyridine rings is 1. The third-order valence-corrected chi connectivity index (χ3v) is 4.12. The van der Waals surface area contributed by atoms with Gasteiger partial charge in [-0.1, -0.05) is 42.5 Å². The van der Waals surface area contributed by atoms with Crippen LogP contribution in [0.5, 0.6) is 5.75 Å². The van der Waals surface area contributed by atoms with Crippen molar-refractivity contribution in [3.63, 3.8) is 0 Å². The largest absolute Gasteiger partial charge is 0.481 e. The average Bonchev–Trinajstić information content (AvgIpc) is 2.69. The summed E-state index contributed by atoms with van der Waals surface area (Å²) < 4.78 is 5.76. The molecule has 0 fully saturated rings. The Morgan fingerprint density at radius 2 is 1.63 bits per heavy atom. The topological polar surface area (TPSA) is 54.5 Å². The molecule has 5 nitrogen and oxygen atoms in total. The number of benzene rings is 2. The summed E-state index contributed by atoms with van der Waals surface area (Å²) in [6, 6.07) is 21.5. The molecular formula is C22H23N3O2. The highest BCUT2D eigenvalue weighted by Gasteiger charge is 2.15. The zero-order valence-corrected chi connectivity index (χ0v) is 15.7. The second-order valence-corrected chi connectivity index (χ2v) is 6.44. The zero-order chi connectivity index (χ0) is 19.2. The summed E-state index contributed by atoms with van der Waals surface area (Å²) in [5.74, 6) is 1.26. The van der Waals surface area contributed by atoms with E-state index in [9.17, 15) is 4.79 Å². The van der Waals surface area contributed by atoms with Gasteiger partial charge in [0.05, 0.1) is 11.9 Å². The molecule has 2 aromatic carbocycles. The fourth-order valence-corrected chi connectivity index (χ4v) is 2.58. The molecule has 0 aliphatic carbocycles. The van der Waals surface area contributed by atoms with Gasteiger partial charge in [-0.25, -0.2) is 4.98 Å². The van der Waals surface area contributed by atoms with Gasteiger partial charge < -0.3 is 15.0 Å². The highest BCUT2D eigenvalue weighted by atomic mass is 16.5. The van der Waals surface area contributed by atoms with Crippen LogP contribution in [-0.2, 0) is 4.79 Å². The number of carbonyl (C=O) groups excluding carboxylic acids is 1. The normalized spacial score (nSPS) is 11.5. The highest BCUT2D eigenvalue weighted by molar-refractivity contribution is 5.94. The number of aromatic nitrogens is 1. The Labute approximate surface area is 159 Å². The maximum absolute atomic E-state index is 12.3. The molecule has 0 aliphatic rings. The Bertz CT molecular complexity index is 876. The number of hydrogen-bond donors (Lipinski definition) is 1. The number of amides is 1. The van der Waals surface area contributed by atoms with E-state index in [1.54, 1.807) is 13.1 Å². The zero-order valence-electron chi connectivity index (χ0n) is 15.7. The molecule has 0 aliphatic heterocycles. The van der Waals surface area contributed by atoms with Crippen molar-refractivity contribution in [1.82, 2.24) is 4.98 Å². The molecule has 5 heteroatoms. The van der Waals surface area contributed by atoms with Crippen LogP contribution in [0.3, 0.4) is 0 Å². The van der Waals surface area contributed by atoms with Gasteiger partial charge in [0, 0.05) is 14.1 Å². The Hall–Kier alpha value is -3.34. The van der Waals surface area contributed by atoms with Gasteiger partial charge in [0.1, 0.15) is 11.6 Å². The predicted octanol–water partition coefficient (Wildman–Crippen LogP) is 4.22. The number of hydrogen-bond acceptors (Lipinski definition) is 4. The first-order valence-electron chi connectivity index (χ1n) is 8.79. The summed E-state index contributed by atoms with van der Waals surface area (Å²) >= 11 is 0. The van der Waals surface area contributed by atoms with Crippen LogP contribution in [0.4, 0.5) is 11.5 Å². The molecule has 1 unspecified atom stereocenters. The van der Waals surface area contributed by atoms with Crippen LogP contribution in [-0.4, -0.2) is 31.1 Å². The van der Waals surface area contributed by atoms with Gasteiger partial charge in [0.15, 0.2) is 6.10 Å². The number of carbonyl (C=O) groups is 1. The summed E-state index contributed by atoms with van der Waals surface area (Å²) in [6.45, 7) is 1.72. The minimum Gasteiger partial charge on any atom is -0.481 e. The molecule has 1 amide bonds. The van der Waals surface area contributed by atoms with E-state index in [4.69, 9.17) is 4.74 Å². The molecule has 1 N–H and O–H groups in total. The van der Waals surface area contributed by atoms with Crippen molar-refractivity contribution in [3.05, 3.63) is 72.9 Å². The number of ether oxygens (including phenoxy) is 1. The fourth-order valence-electron chi connectivity index (χ4n) is 2.58. The van der Waals surface area contributed by atoms with E-state index in [0.29, 0.717) is 11.4 Å². The lowest BCUT2D eigenvalue weighted by Crippen LogP contribution is -2.30. The van der Waals surface area contributed by atoms with E-state index in [1.807, 2.05) is 73.6 Å². The van der Waals surface area contributed by atoms with Gasteiger partial charge in [-0.15, -0.1) is 0 Å². The van der Waals surface area contributed by atoms with Crippen LogP contribution in [0.15, 0.2) is 72.9 Å². The van der Waals surface area contributed by atoms with E-state index in [-0.39, 0.29) is 5.91 Å². The monoisotopic (exact) mass is 361 g/mol. The fraction of sp³-hybridized carbons (Fsp3) is 0.182. The summed E-state index contributed by atoms with van der Waals surface area (Å²) in [6.07, 6.45) is 1.01. The molecule has 1 heterocycles. The maximum Gasteiger partial charge on any atom is 0.265 e. The molecule has 27 heavy (non-hydrogen) atoms. The Morgan fingerprint density at radius 1 is 0.963 bits per heavy atom. The Balaban J connectivity index is 1.59. The average molecular weight is 361 g/mol. The van der Waals surface area contributed by atoms with Crippen LogP contribution < -0.4 is 15.0 Å². The van der Waals surface area contributed by atoms with Crippen LogP contribution in [0.25, 0.3) is 11.1 Å². The van der Waals surface area contributed by atoms with Crippen molar-refractivity contribution in [3.8, 4) is 16.9 Å². The van der Waals surface area contributed by atoms with E-state index >= 15 is 0 Å². The molecule has 0 saturated carbocycles. The van der Waals surface area contributed by atoms with E-state index < -0.39 is 6.10 Å². The summed E-state index contributed by atoms with van der Waals surface area (Å²) in [5, 5.41) is 2.82. The lowest BCUT2D eigenvalue weighted by Gasteiger charge is -2.16. The first kappa shape index (κ1) is 18.5. The quantitative estimate of drug-likeness (QED) is 0.714. The van der Waals surface area contributed by atoms with Gasteiger partial charge in [-0.3, -0.25) is 4.79 Å². The first-order valence-corrected chi connectivity index (χ1v) is 8.79. The molecular weight excluding hydrogens is 338 g/mol. The molecule has 3 aromatic rings. The third-order valence-electron chi connectivity index (χ3n) is 4.12. The van der Waals surface area contributed by atoms with E-state index in [1.165, 1.54) is 0 Å². The van der Waals surface area contributed by atoms with Gasteiger partial charge in [-0.2, -0.15) is 0 Å². The second-order valence-electron chi connectivity index (χ2n) is 6.44. The number of nitrogens with zero attached hydrogens (tertiary/aromatic N) is 2. The standard InChI is InChI=1S/C22H23N3O2/c1-16(22(26)24-19-11-14-21(23-15-19)25(2)3)27-20-12-9-18(10-13-20)17-7-5-4-6-8-17/h4-16H,1-3H3,(H,24,26). The van der Waals surface area contributed by atoms with E-state index in [2.05, 4.69) is 22.4 Å². The lowest BCUT2D eigenvalue weighted by atomic mass is 10.1. The molecule has 1 aromatic heterocycles. The number of nitrogens with one attached hydrogen (secondary N) is 1. The third kappa shape index (κ3) is 4.85. The van der Waals surface area contributed by atoms with Gasteiger partial charge >= 0.3 is 0 Å². The molecule has 0 spiro atoms. The molecule has 138 valence electrons. The second kappa shape index (κ2) is 8.36. The van der Waals surface area contributed by atoms with Gasteiger partial charge in [0.25, 0.3) is 5.91 Å². The lowest BCUT2D eigenvalue weighted by molar-refractivity contribution is -0.122. The van der Waals surface area contributed by atoms with Crippen molar-refractivity contribution in [2.75, 3.05) is 24.3 Å². The van der Waals surface area contributed by atoms with Crippen LogP contribution >= 0.6 is 0 Å². The van der Waals surface area contributed by atoms with Gasteiger partial charge in [0.2, 0.25) is 0 Å². The van der Waals surface area contributed by atoms with E-state index in [0.717, 1.165) is 16.9 Å². The maximum atomic E-state index is 12.3. The molecule has 0 saturated heterocycles. The van der Waals surface area contributed by atoms with Gasteiger partial charge in [-0.05, 0) is 42.3 Å². The van der Waals surface area contributed by atoms with Crippen molar-refractivity contribution < 1.29 is 9.53 Å². The van der Waals surface area contributed by atoms with Crippen molar-refractivity contribution in [1.29, 1.82) is 0 Å². The van der Waals surface area contributed by atoms with Crippen molar-refractivity contribution in [2.24, 2.45) is 0 Å².